The summed E-state index contributed by atoms with van der Waals surface area (Å²) < 4.78 is 5.37. The molecular formula is C17H27N3O2. The van der Waals surface area contributed by atoms with E-state index in [1.54, 1.807) is 0 Å². The van der Waals surface area contributed by atoms with Gasteiger partial charge in [0.2, 0.25) is 5.91 Å². The number of hydrogen-bond donors (Lipinski definition) is 2. The first kappa shape index (κ1) is 16.9. The second kappa shape index (κ2) is 8.27. The number of ether oxygens (including phenoxy) is 1. The molecule has 0 bridgehead atoms. The molecule has 3 unspecified atom stereocenters. The van der Waals surface area contributed by atoms with Gasteiger partial charge in [0, 0.05) is 25.2 Å². The molecule has 3 N–H and O–H groups in total. The summed E-state index contributed by atoms with van der Waals surface area (Å²) in [5.41, 5.74) is 7.11. The molecule has 0 spiro atoms. The van der Waals surface area contributed by atoms with Crippen LogP contribution in [0.4, 0.5) is 0 Å². The lowest BCUT2D eigenvalue weighted by atomic mass is 10.0. The van der Waals surface area contributed by atoms with Gasteiger partial charge in [-0.1, -0.05) is 30.3 Å². The fourth-order valence-electron chi connectivity index (χ4n) is 2.71. The third kappa shape index (κ3) is 4.80. The molecule has 1 heterocycles. The van der Waals surface area contributed by atoms with E-state index in [0.717, 1.165) is 31.9 Å². The van der Waals surface area contributed by atoms with Gasteiger partial charge in [-0.25, -0.2) is 0 Å². The molecule has 1 aliphatic heterocycles. The van der Waals surface area contributed by atoms with Gasteiger partial charge >= 0.3 is 0 Å². The minimum Gasteiger partial charge on any atom is -0.379 e. The van der Waals surface area contributed by atoms with Crippen LogP contribution in [0, 0.1) is 0 Å². The smallest absolute Gasteiger partial charge is 0.237 e. The zero-order chi connectivity index (χ0) is 15.9. The highest BCUT2D eigenvalue weighted by molar-refractivity contribution is 5.82. The molecule has 5 nitrogen and oxygen atoms in total. The van der Waals surface area contributed by atoms with Gasteiger partial charge in [-0.3, -0.25) is 9.69 Å². The molecular weight excluding hydrogens is 278 g/mol. The molecule has 1 saturated heterocycles. The number of nitrogens with one attached hydrogen (secondary N) is 1. The number of amides is 1. The molecule has 1 aliphatic rings. The molecule has 122 valence electrons. The van der Waals surface area contributed by atoms with Crippen LogP contribution in [0.2, 0.25) is 0 Å². The van der Waals surface area contributed by atoms with Crippen LogP contribution in [0.3, 0.4) is 0 Å². The third-order valence-corrected chi connectivity index (χ3v) is 4.35. The highest BCUT2D eigenvalue weighted by Crippen LogP contribution is 2.08. The van der Waals surface area contributed by atoms with Gasteiger partial charge < -0.3 is 15.8 Å². The van der Waals surface area contributed by atoms with E-state index in [-0.39, 0.29) is 18.0 Å². The molecule has 5 heteroatoms. The predicted molar refractivity (Wildman–Crippen MR) is 87.6 cm³/mol. The van der Waals surface area contributed by atoms with Crippen LogP contribution in [-0.4, -0.2) is 55.2 Å². The lowest BCUT2D eigenvalue weighted by Gasteiger charge is -2.36. The molecule has 1 fully saturated rings. The van der Waals surface area contributed by atoms with E-state index in [4.69, 9.17) is 10.5 Å². The largest absolute Gasteiger partial charge is 0.379 e. The summed E-state index contributed by atoms with van der Waals surface area (Å²) in [4.78, 5) is 14.6. The van der Waals surface area contributed by atoms with Crippen molar-refractivity contribution in [1.82, 2.24) is 10.2 Å². The van der Waals surface area contributed by atoms with Crippen LogP contribution in [0.15, 0.2) is 30.3 Å². The van der Waals surface area contributed by atoms with Crippen LogP contribution in [0.5, 0.6) is 0 Å². The first-order chi connectivity index (χ1) is 10.6. The Bertz CT molecular complexity index is 460. The third-order valence-electron chi connectivity index (χ3n) is 4.35. The highest BCUT2D eigenvalue weighted by atomic mass is 16.5. The Kier molecular flexibility index (Phi) is 6.36. The number of benzene rings is 1. The monoisotopic (exact) mass is 305 g/mol. The molecule has 0 aromatic heterocycles. The second-order valence-electron chi connectivity index (χ2n) is 5.98. The van der Waals surface area contributed by atoms with Crippen molar-refractivity contribution in [2.45, 2.75) is 38.4 Å². The number of carbonyl (C=O) groups excluding carboxylic acids is 1. The number of rotatable bonds is 6. The first-order valence-electron chi connectivity index (χ1n) is 7.99. The number of hydrogen-bond acceptors (Lipinski definition) is 4. The van der Waals surface area contributed by atoms with Gasteiger partial charge in [-0.2, -0.15) is 0 Å². The van der Waals surface area contributed by atoms with E-state index < -0.39 is 6.04 Å². The summed E-state index contributed by atoms with van der Waals surface area (Å²) in [7, 11) is 0. The van der Waals surface area contributed by atoms with Gasteiger partial charge in [-0.05, 0) is 25.8 Å². The lowest BCUT2D eigenvalue weighted by molar-refractivity contribution is -0.123. The van der Waals surface area contributed by atoms with Crippen LogP contribution >= 0.6 is 0 Å². The summed E-state index contributed by atoms with van der Waals surface area (Å²) in [5, 5.41) is 3.05. The zero-order valence-corrected chi connectivity index (χ0v) is 13.5. The van der Waals surface area contributed by atoms with Crippen LogP contribution in [-0.2, 0) is 16.0 Å². The fourth-order valence-corrected chi connectivity index (χ4v) is 2.71. The van der Waals surface area contributed by atoms with Gasteiger partial charge in [0.25, 0.3) is 0 Å². The van der Waals surface area contributed by atoms with Crippen molar-refractivity contribution in [3.63, 3.8) is 0 Å². The highest BCUT2D eigenvalue weighted by Gasteiger charge is 2.24. The summed E-state index contributed by atoms with van der Waals surface area (Å²) in [6.07, 6.45) is 0.561. The Hall–Kier alpha value is -1.43. The Labute approximate surface area is 132 Å². The number of carbonyl (C=O) groups is 1. The average Bonchev–Trinajstić information content (AvgIpc) is 2.55. The van der Waals surface area contributed by atoms with Crippen molar-refractivity contribution in [3.05, 3.63) is 35.9 Å². The molecule has 0 saturated carbocycles. The van der Waals surface area contributed by atoms with Gasteiger partial charge in [0.15, 0.2) is 0 Å². The van der Waals surface area contributed by atoms with Crippen LogP contribution in [0.1, 0.15) is 19.4 Å². The van der Waals surface area contributed by atoms with Crippen LogP contribution < -0.4 is 11.1 Å². The van der Waals surface area contributed by atoms with Gasteiger partial charge in [-0.15, -0.1) is 0 Å². The van der Waals surface area contributed by atoms with Crippen molar-refractivity contribution < 1.29 is 9.53 Å². The van der Waals surface area contributed by atoms with Crippen molar-refractivity contribution in [2.75, 3.05) is 26.3 Å². The second-order valence-corrected chi connectivity index (χ2v) is 5.98. The molecule has 1 aromatic rings. The maximum atomic E-state index is 12.3. The van der Waals surface area contributed by atoms with Gasteiger partial charge in [0.1, 0.15) is 0 Å². The standard InChI is InChI=1S/C17H27N3O2/c1-13(14(2)20-8-10-22-11-9-20)19-17(21)16(18)12-15-6-4-3-5-7-15/h3-7,13-14,16H,8-12,18H2,1-2H3,(H,19,21). The molecule has 3 atom stereocenters. The van der Waals surface area contributed by atoms with Gasteiger partial charge in [0.05, 0.1) is 19.3 Å². The SMILES string of the molecule is CC(NC(=O)C(N)Cc1ccccc1)C(C)N1CCOCC1. The molecule has 0 radical (unpaired) electrons. The Morgan fingerprint density at radius 3 is 2.55 bits per heavy atom. The Morgan fingerprint density at radius 1 is 1.27 bits per heavy atom. The van der Waals surface area contributed by atoms with E-state index in [9.17, 15) is 4.79 Å². The quantitative estimate of drug-likeness (QED) is 0.815. The maximum absolute atomic E-state index is 12.3. The molecule has 22 heavy (non-hydrogen) atoms. The number of morpholine rings is 1. The molecule has 0 aliphatic carbocycles. The normalized spacial score (nSPS) is 20.1. The Morgan fingerprint density at radius 2 is 1.91 bits per heavy atom. The summed E-state index contributed by atoms with van der Waals surface area (Å²) >= 11 is 0. The van der Waals surface area contributed by atoms with Crippen molar-refractivity contribution in [2.24, 2.45) is 5.73 Å². The predicted octanol–water partition coefficient (Wildman–Crippen LogP) is 0.782. The van der Waals surface area contributed by atoms with Crippen molar-refractivity contribution >= 4 is 5.91 Å². The zero-order valence-electron chi connectivity index (χ0n) is 13.5. The van der Waals surface area contributed by atoms with Crippen LogP contribution in [0.25, 0.3) is 0 Å². The number of nitrogens with zero attached hydrogens (tertiary/aromatic N) is 1. The van der Waals surface area contributed by atoms with E-state index in [1.165, 1.54) is 0 Å². The summed E-state index contributed by atoms with van der Waals surface area (Å²) in [6.45, 7) is 7.53. The van der Waals surface area contributed by atoms with Crippen molar-refractivity contribution in [1.29, 1.82) is 0 Å². The topological polar surface area (TPSA) is 67.6 Å². The minimum atomic E-state index is -0.512. The average molecular weight is 305 g/mol. The fraction of sp³-hybridized carbons (Fsp3) is 0.588. The first-order valence-corrected chi connectivity index (χ1v) is 7.99. The van der Waals surface area contributed by atoms with E-state index >= 15 is 0 Å². The maximum Gasteiger partial charge on any atom is 0.237 e. The van der Waals surface area contributed by atoms with Crippen molar-refractivity contribution in [3.8, 4) is 0 Å². The number of nitrogens with two attached hydrogens (primary N) is 1. The summed E-state index contributed by atoms with van der Waals surface area (Å²) in [5.74, 6) is -0.0866. The van der Waals surface area contributed by atoms with E-state index in [2.05, 4.69) is 17.1 Å². The Balaban J connectivity index is 1.82. The van der Waals surface area contributed by atoms with E-state index in [0.29, 0.717) is 6.42 Å². The van der Waals surface area contributed by atoms with E-state index in [1.807, 2.05) is 37.3 Å². The molecule has 1 amide bonds. The molecule has 1 aromatic carbocycles. The minimum absolute atomic E-state index is 0.0624. The lowest BCUT2D eigenvalue weighted by Crippen LogP contribution is -2.55. The summed E-state index contributed by atoms with van der Waals surface area (Å²) in [6, 6.07) is 9.69. The molecule has 2 rings (SSSR count).